The summed E-state index contributed by atoms with van der Waals surface area (Å²) in [5.74, 6) is 0.924. The molecule has 0 aromatic heterocycles. The van der Waals surface area contributed by atoms with Crippen molar-refractivity contribution in [1.29, 1.82) is 0 Å². The number of hydrogen-bond acceptors (Lipinski definition) is 4. The molecule has 1 aliphatic rings. The third-order valence-corrected chi connectivity index (χ3v) is 2.86. The van der Waals surface area contributed by atoms with Crippen molar-refractivity contribution in [2.45, 2.75) is 38.7 Å². The van der Waals surface area contributed by atoms with E-state index in [0.29, 0.717) is 17.9 Å². The van der Waals surface area contributed by atoms with Crippen LogP contribution in [0, 0.1) is 0 Å². The lowest BCUT2D eigenvalue weighted by Crippen LogP contribution is -2.30. The summed E-state index contributed by atoms with van der Waals surface area (Å²) < 4.78 is 10.6. The van der Waals surface area contributed by atoms with Gasteiger partial charge >= 0.3 is 5.97 Å². The maximum atomic E-state index is 11.6. The smallest absolute Gasteiger partial charge is 0.308 e. The Morgan fingerprint density at radius 1 is 1.17 bits per heavy atom. The Bertz CT molecular complexity index is 436. The number of rotatable bonds is 3. The molecule has 4 nitrogen and oxygen atoms in total. The van der Waals surface area contributed by atoms with Gasteiger partial charge in [0, 0.05) is 13.3 Å². The third-order valence-electron chi connectivity index (χ3n) is 2.86. The number of esters is 1. The van der Waals surface area contributed by atoms with Gasteiger partial charge in [0.15, 0.2) is 11.9 Å². The van der Waals surface area contributed by atoms with Crippen LogP contribution >= 0.6 is 0 Å². The number of ether oxygens (including phenoxy) is 2. The highest BCUT2D eigenvalue weighted by molar-refractivity contribution is 5.84. The lowest BCUT2D eigenvalue weighted by Gasteiger charge is -2.21. The molecule has 0 aliphatic heterocycles. The molecule has 0 heterocycles. The summed E-state index contributed by atoms with van der Waals surface area (Å²) in [5.41, 5.74) is 0. The van der Waals surface area contributed by atoms with Crippen LogP contribution in [0.3, 0.4) is 0 Å². The first-order valence-corrected chi connectivity index (χ1v) is 6.13. The molecular weight excluding hydrogens is 232 g/mol. The zero-order valence-electron chi connectivity index (χ0n) is 10.3. The van der Waals surface area contributed by atoms with Gasteiger partial charge in [0.05, 0.1) is 0 Å². The van der Waals surface area contributed by atoms with Crippen LogP contribution in [0.25, 0.3) is 0 Å². The molecule has 1 fully saturated rings. The standard InChI is InChI=1S/C14H16O4/c1-10(15)17-11-6-8-12(9-7-11)18-14-5-3-2-4-13(14)16/h6-9,14H,2-5H2,1H3. The number of benzene rings is 1. The second kappa shape index (κ2) is 5.67. The van der Waals surface area contributed by atoms with Crippen LogP contribution in [0.15, 0.2) is 24.3 Å². The van der Waals surface area contributed by atoms with Crippen LogP contribution in [0.2, 0.25) is 0 Å². The Labute approximate surface area is 106 Å². The van der Waals surface area contributed by atoms with Crippen molar-refractivity contribution in [3.63, 3.8) is 0 Å². The van der Waals surface area contributed by atoms with Crippen molar-refractivity contribution in [3.8, 4) is 11.5 Å². The summed E-state index contributed by atoms with van der Waals surface area (Å²) in [6, 6.07) is 6.73. The van der Waals surface area contributed by atoms with E-state index in [-0.39, 0.29) is 17.9 Å². The fourth-order valence-corrected chi connectivity index (χ4v) is 1.99. The van der Waals surface area contributed by atoms with Crippen LogP contribution < -0.4 is 9.47 Å². The molecule has 0 spiro atoms. The zero-order chi connectivity index (χ0) is 13.0. The number of carbonyl (C=O) groups is 2. The van der Waals surface area contributed by atoms with Crippen LogP contribution in [0.4, 0.5) is 0 Å². The summed E-state index contributed by atoms with van der Waals surface area (Å²) in [4.78, 5) is 22.4. The molecule has 0 bridgehead atoms. The Balaban J connectivity index is 1.97. The molecule has 96 valence electrons. The Kier molecular flexibility index (Phi) is 3.97. The lowest BCUT2D eigenvalue weighted by atomic mass is 9.96. The normalized spacial score (nSPS) is 19.4. The summed E-state index contributed by atoms with van der Waals surface area (Å²) >= 11 is 0. The van der Waals surface area contributed by atoms with Gasteiger partial charge < -0.3 is 9.47 Å². The van der Waals surface area contributed by atoms with Gasteiger partial charge in [-0.15, -0.1) is 0 Å². The first kappa shape index (κ1) is 12.6. The molecule has 0 saturated heterocycles. The van der Waals surface area contributed by atoms with Gasteiger partial charge in [-0.05, 0) is 43.5 Å². The lowest BCUT2D eigenvalue weighted by molar-refractivity contribution is -0.132. The summed E-state index contributed by atoms with van der Waals surface area (Å²) in [5, 5.41) is 0. The highest BCUT2D eigenvalue weighted by Crippen LogP contribution is 2.23. The minimum absolute atomic E-state index is 0.172. The van der Waals surface area contributed by atoms with E-state index in [2.05, 4.69) is 0 Å². The minimum Gasteiger partial charge on any atom is -0.483 e. The first-order chi connectivity index (χ1) is 8.65. The Morgan fingerprint density at radius 2 is 1.83 bits per heavy atom. The summed E-state index contributed by atoms with van der Waals surface area (Å²) in [6.07, 6.45) is 3.06. The van der Waals surface area contributed by atoms with Crippen molar-refractivity contribution < 1.29 is 19.1 Å². The molecule has 1 atom stereocenters. The molecular formula is C14H16O4. The Morgan fingerprint density at radius 3 is 2.44 bits per heavy atom. The molecule has 2 rings (SSSR count). The topological polar surface area (TPSA) is 52.6 Å². The monoisotopic (exact) mass is 248 g/mol. The number of Topliss-reactive ketones (excluding diaryl/α,β-unsaturated/α-hetero) is 1. The second-order valence-corrected chi connectivity index (χ2v) is 4.38. The van der Waals surface area contributed by atoms with Crippen LogP contribution in [0.1, 0.15) is 32.6 Å². The Hall–Kier alpha value is -1.84. The van der Waals surface area contributed by atoms with E-state index < -0.39 is 0 Å². The van der Waals surface area contributed by atoms with Crippen LogP contribution in [0.5, 0.6) is 11.5 Å². The van der Waals surface area contributed by atoms with Gasteiger partial charge in [0.2, 0.25) is 0 Å². The maximum Gasteiger partial charge on any atom is 0.308 e. The molecule has 18 heavy (non-hydrogen) atoms. The van der Waals surface area contributed by atoms with Crippen LogP contribution in [-0.4, -0.2) is 17.9 Å². The minimum atomic E-state index is -0.355. The second-order valence-electron chi connectivity index (χ2n) is 4.38. The van der Waals surface area contributed by atoms with Gasteiger partial charge in [-0.25, -0.2) is 0 Å². The van der Waals surface area contributed by atoms with Crippen molar-refractivity contribution in [3.05, 3.63) is 24.3 Å². The van der Waals surface area contributed by atoms with E-state index in [0.717, 1.165) is 19.3 Å². The molecule has 1 unspecified atom stereocenters. The molecule has 1 aliphatic carbocycles. The molecule has 0 N–H and O–H groups in total. The summed E-state index contributed by atoms with van der Waals surface area (Å²) in [6.45, 7) is 1.35. The molecule has 4 heteroatoms. The van der Waals surface area contributed by atoms with Gasteiger partial charge in [-0.3, -0.25) is 9.59 Å². The van der Waals surface area contributed by atoms with Crippen molar-refractivity contribution >= 4 is 11.8 Å². The fourth-order valence-electron chi connectivity index (χ4n) is 1.99. The third kappa shape index (κ3) is 3.32. The van der Waals surface area contributed by atoms with Gasteiger partial charge in [0.25, 0.3) is 0 Å². The SMILES string of the molecule is CC(=O)Oc1ccc(OC2CCCCC2=O)cc1. The molecule has 0 amide bonds. The van der Waals surface area contributed by atoms with Crippen molar-refractivity contribution in [2.75, 3.05) is 0 Å². The molecule has 1 aromatic carbocycles. The maximum absolute atomic E-state index is 11.6. The quantitative estimate of drug-likeness (QED) is 0.609. The predicted octanol–water partition coefficient (Wildman–Crippen LogP) is 2.50. The molecule has 1 aromatic rings. The van der Waals surface area contributed by atoms with Gasteiger partial charge in [-0.1, -0.05) is 0 Å². The zero-order valence-corrected chi connectivity index (χ0v) is 10.3. The molecule has 1 saturated carbocycles. The highest BCUT2D eigenvalue weighted by atomic mass is 16.5. The van der Waals surface area contributed by atoms with E-state index in [1.807, 2.05) is 0 Å². The molecule has 0 radical (unpaired) electrons. The number of ketones is 1. The largest absolute Gasteiger partial charge is 0.483 e. The van der Waals surface area contributed by atoms with E-state index in [9.17, 15) is 9.59 Å². The van der Waals surface area contributed by atoms with Crippen molar-refractivity contribution in [2.24, 2.45) is 0 Å². The summed E-state index contributed by atoms with van der Waals surface area (Å²) in [7, 11) is 0. The van der Waals surface area contributed by atoms with E-state index in [4.69, 9.17) is 9.47 Å². The van der Waals surface area contributed by atoms with E-state index >= 15 is 0 Å². The van der Waals surface area contributed by atoms with Gasteiger partial charge in [-0.2, -0.15) is 0 Å². The van der Waals surface area contributed by atoms with Gasteiger partial charge in [0.1, 0.15) is 11.5 Å². The van der Waals surface area contributed by atoms with Crippen LogP contribution in [-0.2, 0) is 9.59 Å². The van der Waals surface area contributed by atoms with E-state index in [1.165, 1.54) is 6.92 Å². The predicted molar refractivity (Wildman–Crippen MR) is 65.6 cm³/mol. The van der Waals surface area contributed by atoms with E-state index in [1.54, 1.807) is 24.3 Å². The number of hydrogen-bond donors (Lipinski definition) is 0. The van der Waals surface area contributed by atoms with Crippen molar-refractivity contribution in [1.82, 2.24) is 0 Å². The first-order valence-electron chi connectivity index (χ1n) is 6.13. The average molecular weight is 248 g/mol. The number of carbonyl (C=O) groups excluding carboxylic acids is 2. The fraction of sp³-hybridized carbons (Fsp3) is 0.429. The highest BCUT2D eigenvalue weighted by Gasteiger charge is 2.23. The average Bonchev–Trinajstić information content (AvgIpc) is 2.34.